The van der Waals surface area contributed by atoms with Crippen molar-refractivity contribution in [2.75, 3.05) is 6.61 Å². The summed E-state index contributed by atoms with van der Waals surface area (Å²) >= 11 is 0. The van der Waals surface area contributed by atoms with E-state index in [1.165, 1.54) is 10.6 Å². The van der Waals surface area contributed by atoms with Crippen LogP contribution in [0.1, 0.15) is 39.5 Å². The van der Waals surface area contributed by atoms with E-state index in [4.69, 9.17) is 27.2 Å². The number of ether oxygens (including phenoxy) is 2. The van der Waals surface area contributed by atoms with Gasteiger partial charge in [0.25, 0.3) is 0 Å². The van der Waals surface area contributed by atoms with E-state index >= 15 is 0 Å². The molecule has 14 heteroatoms. The highest BCUT2D eigenvalue weighted by atomic mass is 28.4. The van der Waals surface area contributed by atoms with Gasteiger partial charge in [-0.25, -0.2) is 9.55 Å². The largest absolute Gasteiger partial charge is 0.433 e. The molecule has 0 bridgehead atoms. The number of oxazole rings is 1. The van der Waals surface area contributed by atoms with Crippen molar-refractivity contribution in [1.29, 1.82) is 0 Å². The molecule has 0 saturated carbocycles. The van der Waals surface area contributed by atoms with Crippen LogP contribution in [0.2, 0.25) is 58.9 Å². The number of epoxide rings is 1. The van der Waals surface area contributed by atoms with Crippen molar-refractivity contribution in [2.45, 2.75) is 129 Å². The van der Waals surface area contributed by atoms with Crippen LogP contribution in [0.25, 0.3) is 17.5 Å². The standard InChI is InChI=1S/C33H57N3O8Si3/c1-21(17-29-34-19-28(40-29)25-14-15-30(35(25)4)36(37)38)16-26-33(44-47(11,12)13)32(43-46(8,9)10)24(20-39-26)18-27-31(41-27)22(2)23(3)42-45(5,6)7/h14-15,17,19,22-24,26-27,31-33H,16,18,20H2,1-13H3/b21-17+/t22-,23-,24-,26-,27-,31-,32+,33-/m0/s1. The van der Waals surface area contributed by atoms with Crippen molar-refractivity contribution in [2.24, 2.45) is 18.9 Å². The second kappa shape index (κ2) is 14.5. The summed E-state index contributed by atoms with van der Waals surface area (Å²) in [4.78, 5) is 15.3. The van der Waals surface area contributed by atoms with Gasteiger partial charge in [-0.2, -0.15) is 0 Å². The van der Waals surface area contributed by atoms with E-state index in [2.05, 4.69) is 77.8 Å². The number of hydrogen-bond donors (Lipinski definition) is 0. The molecule has 0 unspecified atom stereocenters. The van der Waals surface area contributed by atoms with E-state index in [1.807, 2.05) is 13.0 Å². The van der Waals surface area contributed by atoms with Crippen molar-refractivity contribution in [3.63, 3.8) is 0 Å². The summed E-state index contributed by atoms with van der Waals surface area (Å²) < 4.78 is 40.7. The van der Waals surface area contributed by atoms with Gasteiger partial charge in [0.15, 0.2) is 36.4 Å². The molecule has 2 aromatic rings. The van der Waals surface area contributed by atoms with Crippen LogP contribution in [0.4, 0.5) is 5.82 Å². The third-order valence-corrected chi connectivity index (χ3v) is 11.6. The summed E-state index contributed by atoms with van der Waals surface area (Å²) in [6.07, 6.45) is 4.99. The van der Waals surface area contributed by atoms with Crippen LogP contribution in [0.3, 0.4) is 0 Å². The fourth-order valence-corrected chi connectivity index (χ4v) is 10.0. The normalized spacial score (nSPS) is 27.1. The van der Waals surface area contributed by atoms with Crippen molar-refractivity contribution in [3.8, 4) is 11.5 Å². The maximum atomic E-state index is 11.3. The second-order valence-electron chi connectivity index (χ2n) is 16.3. The van der Waals surface area contributed by atoms with Crippen LogP contribution in [-0.4, -0.2) is 82.7 Å². The lowest BCUT2D eigenvalue weighted by Gasteiger charge is -2.47. The first-order valence-corrected chi connectivity index (χ1v) is 27.1. The van der Waals surface area contributed by atoms with Crippen molar-refractivity contribution in [1.82, 2.24) is 9.55 Å². The van der Waals surface area contributed by atoms with Crippen LogP contribution in [0, 0.1) is 22.0 Å². The Hall–Kier alpha value is -1.92. The maximum Gasteiger partial charge on any atom is 0.323 e. The minimum atomic E-state index is -1.99. The minimum Gasteiger partial charge on any atom is -0.433 e. The van der Waals surface area contributed by atoms with E-state index in [-0.39, 0.29) is 48.4 Å². The van der Waals surface area contributed by atoms with Gasteiger partial charge in [0, 0.05) is 24.0 Å². The van der Waals surface area contributed by atoms with Crippen molar-refractivity contribution in [3.05, 3.63) is 39.9 Å². The zero-order valence-electron chi connectivity index (χ0n) is 30.7. The second-order valence-corrected chi connectivity index (χ2v) is 29.7. The van der Waals surface area contributed by atoms with Gasteiger partial charge < -0.3 is 37.3 Å². The fraction of sp³-hybridized carbons (Fsp3) is 0.727. The van der Waals surface area contributed by atoms with Gasteiger partial charge in [-0.1, -0.05) is 12.5 Å². The molecule has 0 amide bonds. The first-order valence-electron chi connectivity index (χ1n) is 16.9. The van der Waals surface area contributed by atoms with Crippen molar-refractivity contribution < 1.29 is 32.1 Å². The van der Waals surface area contributed by atoms with Gasteiger partial charge in [-0.05, 0) is 103 Å². The molecule has 0 radical (unpaired) electrons. The summed E-state index contributed by atoms with van der Waals surface area (Å²) in [6.45, 7) is 27.1. The Bertz CT molecular complexity index is 1410. The zero-order valence-corrected chi connectivity index (χ0v) is 33.7. The lowest BCUT2D eigenvalue weighted by molar-refractivity contribution is -0.391. The van der Waals surface area contributed by atoms with Crippen LogP contribution in [0.5, 0.6) is 0 Å². The number of hydrogen-bond acceptors (Lipinski definition) is 9. The molecule has 2 aliphatic rings. The molecule has 11 nitrogen and oxygen atoms in total. The van der Waals surface area contributed by atoms with Gasteiger partial charge in [0.2, 0.25) is 5.89 Å². The Morgan fingerprint density at radius 1 is 1.04 bits per heavy atom. The summed E-state index contributed by atoms with van der Waals surface area (Å²) in [7, 11) is -3.94. The number of nitrogens with zero attached hydrogens (tertiary/aromatic N) is 3. The Kier molecular flexibility index (Phi) is 11.7. The summed E-state index contributed by atoms with van der Waals surface area (Å²) in [5.74, 6) is 1.37. The van der Waals surface area contributed by atoms with Crippen LogP contribution >= 0.6 is 0 Å². The highest BCUT2D eigenvalue weighted by molar-refractivity contribution is 6.70. The van der Waals surface area contributed by atoms with Gasteiger partial charge in [-0.3, -0.25) is 0 Å². The molecule has 0 aliphatic carbocycles. The molecule has 2 aromatic heterocycles. The molecule has 0 aromatic carbocycles. The third kappa shape index (κ3) is 10.5. The van der Waals surface area contributed by atoms with Crippen LogP contribution < -0.4 is 0 Å². The van der Waals surface area contributed by atoms with E-state index < -0.39 is 29.9 Å². The maximum absolute atomic E-state index is 11.3. The molecule has 8 atom stereocenters. The van der Waals surface area contributed by atoms with Crippen LogP contribution in [0.15, 0.2) is 28.3 Å². The van der Waals surface area contributed by atoms with Gasteiger partial charge >= 0.3 is 5.82 Å². The highest BCUT2D eigenvalue weighted by Gasteiger charge is 2.51. The molecule has 2 fully saturated rings. The predicted octanol–water partition coefficient (Wildman–Crippen LogP) is 7.87. The lowest BCUT2D eigenvalue weighted by atomic mass is 9.85. The number of nitro groups is 1. The molecular weight excluding hydrogens is 651 g/mol. The Morgan fingerprint density at radius 3 is 2.26 bits per heavy atom. The molecule has 2 aliphatic heterocycles. The Balaban J connectivity index is 1.51. The van der Waals surface area contributed by atoms with E-state index in [0.717, 1.165) is 12.0 Å². The molecule has 4 rings (SSSR count). The van der Waals surface area contributed by atoms with Crippen LogP contribution in [-0.2, 0) is 29.8 Å². The van der Waals surface area contributed by atoms with E-state index in [0.29, 0.717) is 36.3 Å². The molecule has 264 valence electrons. The van der Waals surface area contributed by atoms with E-state index in [1.54, 1.807) is 19.3 Å². The molecule has 2 saturated heterocycles. The van der Waals surface area contributed by atoms with Gasteiger partial charge in [0.1, 0.15) is 0 Å². The molecule has 0 spiro atoms. The molecule has 0 N–H and O–H groups in total. The molecular formula is C33H57N3O8Si3. The highest BCUT2D eigenvalue weighted by Crippen LogP contribution is 2.42. The molecule has 4 heterocycles. The Morgan fingerprint density at radius 2 is 1.68 bits per heavy atom. The average Bonchev–Trinajstić information content (AvgIpc) is 3.32. The SMILES string of the molecule is C/C(=C\c1ncc(-c2ccc([N+](=O)[O-])n2C)o1)C[C@@H]1OC[C@H](C[C@@H]2O[C@H]2[C@@H](C)[C@H](C)O[Si](C)(C)C)[C@@H](O[Si](C)(C)C)[C@H]1O[Si](C)(C)C. The number of rotatable bonds is 15. The monoisotopic (exact) mass is 707 g/mol. The minimum absolute atomic E-state index is 0.00940. The predicted molar refractivity (Wildman–Crippen MR) is 192 cm³/mol. The smallest absolute Gasteiger partial charge is 0.323 e. The topological polar surface area (TPSA) is 124 Å². The van der Waals surface area contributed by atoms with E-state index in [9.17, 15) is 10.1 Å². The fourth-order valence-electron chi connectivity index (χ4n) is 6.45. The first-order chi connectivity index (χ1) is 21.6. The lowest BCUT2D eigenvalue weighted by Crippen LogP contribution is -2.58. The van der Waals surface area contributed by atoms with Gasteiger partial charge in [0.05, 0.1) is 50.4 Å². The third-order valence-electron chi connectivity index (χ3n) is 8.56. The summed E-state index contributed by atoms with van der Waals surface area (Å²) in [6, 6.07) is 3.13. The van der Waals surface area contributed by atoms with Crippen molar-refractivity contribution >= 4 is 36.8 Å². The number of aromatic nitrogens is 2. The molecule has 47 heavy (non-hydrogen) atoms. The Labute approximate surface area is 283 Å². The summed E-state index contributed by atoms with van der Waals surface area (Å²) in [5, 5.41) is 11.3. The summed E-state index contributed by atoms with van der Waals surface area (Å²) in [5.41, 5.74) is 1.62. The zero-order chi connectivity index (χ0) is 35.1. The van der Waals surface area contributed by atoms with Gasteiger partial charge in [-0.15, -0.1) is 0 Å². The quantitative estimate of drug-likeness (QED) is 0.0787. The first kappa shape index (κ1) is 37.9. The average molecular weight is 708 g/mol.